The maximum absolute atomic E-state index is 12.6. The van der Waals surface area contributed by atoms with Crippen LogP contribution in [-0.4, -0.2) is 65.9 Å². The third kappa shape index (κ3) is 3.54. The van der Waals surface area contributed by atoms with E-state index in [1.807, 2.05) is 16.8 Å². The number of rotatable bonds is 4. The molecule has 7 heteroatoms. The number of carbonyl (C=O) groups is 2. The van der Waals surface area contributed by atoms with Gasteiger partial charge in [0.2, 0.25) is 5.91 Å². The molecule has 1 aromatic heterocycles. The molecule has 2 aliphatic heterocycles. The van der Waals surface area contributed by atoms with Gasteiger partial charge in [-0.2, -0.15) is 0 Å². The molecule has 1 N–H and O–H groups in total. The molecule has 130 valence electrons. The number of fused-ring (bicyclic) bond motifs is 1. The van der Waals surface area contributed by atoms with E-state index >= 15 is 0 Å². The number of piperidine rings is 2. The van der Waals surface area contributed by atoms with Gasteiger partial charge in [-0.25, -0.2) is 4.98 Å². The van der Waals surface area contributed by atoms with Gasteiger partial charge in [-0.1, -0.05) is 11.6 Å². The Morgan fingerprint density at radius 2 is 2.25 bits per heavy atom. The Morgan fingerprint density at radius 1 is 1.42 bits per heavy atom. The molecule has 0 spiro atoms. The molecule has 0 aromatic carbocycles. The highest BCUT2D eigenvalue weighted by molar-refractivity contribution is 6.30. The fourth-order valence-electron chi connectivity index (χ4n) is 3.72. The topological polar surface area (TPSA) is 65.5 Å². The van der Waals surface area contributed by atoms with Gasteiger partial charge in [0.15, 0.2) is 0 Å². The fourth-order valence-corrected chi connectivity index (χ4v) is 3.83. The van der Waals surface area contributed by atoms with Crippen molar-refractivity contribution < 1.29 is 9.59 Å². The van der Waals surface area contributed by atoms with Crippen molar-refractivity contribution in [2.75, 3.05) is 33.2 Å². The second kappa shape index (κ2) is 7.49. The average molecular weight is 351 g/mol. The van der Waals surface area contributed by atoms with Crippen molar-refractivity contribution in [3.05, 3.63) is 29.0 Å². The van der Waals surface area contributed by atoms with Gasteiger partial charge in [0.1, 0.15) is 5.69 Å². The molecule has 6 nitrogen and oxygen atoms in total. The number of pyridine rings is 1. The summed E-state index contributed by atoms with van der Waals surface area (Å²) >= 11 is 5.83. The van der Waals surface area contributed by atoms with Crippen LogP contribution in [0.4, 0.5) is 0 Å². The predicted octanol–water partition coefficient (Wildman–Crippen LogP) is 1.41. The van der Waals surface area contributed by atoms with E-state index in [4.69, 9.17) is 11.6 Å². The van der Waals surface area contributed by atoms with Crippen molar-refractivity contribution in [3.8, 4) is 0 Å². The van der Waals surface area contributed by atoms with Gasteiger partial charge in [-0.3, -0.25) is 9.59 Å². The van der Waals surface area contributed by atoms with Crippen molar-refractivity contribution in [1.29, 1.82) is 0 Å². The largest absolute Gasteiger partial charge is 0.338 e. The zero-order chi connectivity index (χ0) is 17.1. The number of aromatic nitrogens is 1. The number of likely N-dealkylation sites (tertiary alicyclic amines) is 2. The molecule has 2 amide bonds. The molecule has 0 radical (unpaired) electrons. The van der Waals surface area contributed by atoms with Crippen LogP contribution in [0, 0.1) is 5.92 Å². The summed E-state index contributed by atoms with van der Waals surface area (Å²) in [5, 5.41) is 3.63. The maximum Gasteiger partial charge on any atom is 0.272 e. The van der Waals surface area contributed by atoms with Gasteiger partial charge in [0.05, 0.1) is 5.02 Å². The lowest BCUT2D eigenvalue weighted by molar-refractivity contribution is -0.140. The smallest absolute Gasteiger partial charge is 0.272 e. The Hall–Kier alpha value is -1.66. The van der Waals surface area contributed by atoms with Crippen LogP contribution in [-0.2, 0) is 4.79 Å². The van der Waals surface area contributed by atoms with Crippen LogP contribution in [0.5, 0.6) is 0 Å². The summed E-state index contributed by atoms with van der Waals surface area (Å²) in [7, 11) is 1.90. The van der Waals surface area contributed by atoms with E-state index in [2.05, 4.69) is 10.3 Å². The molecule has 0 bridgehead atoms. The summed E-state index contributed by atoms with van der Waals surface area (Å²) in [6, 6.07) is 3.61. The zero-order valence-corrected chi connectivity index (χ0v) is 14.6. The van der Waals surface area contributed by atoms with Gasteiger partial charge in [0, 0.05) is 44.8 Å². The predicted molar refractivity (Wildman–Crippen MR) is 91.9 cm³/mol. The van der Waals surface area contributed by atoms with E-state index < -0.39 is 0 Å². The van der Waals surface area contributed by atoms with Crippen molar-refractivity contribution >= 4 is 23.4 Å². The third-order valence-electron chi connectivity index (χ3n) is 4.98. The van der Waals surface area contributed by atoms with E-state index in [0.717, 1.165) is 25.9 Å². The van der Waals surface area contributed by atoms with Crippen LogP contribution in [0.3, 0.4) is 0 Å². The number of hydrogen-bond acceptors (Lipinski definition) is 4. The third-order valence-corrected chi connectivity index (χ3v) is 5.20. The molecule has 2 saturated heterocycles. The Morgan fingerprint density at radius 3 is 2.96 bits per heavy atom. The first kappa shape index (κ1) is 17.2. The summed E-state index contributed by atoms with van der Waals surface area (Å²) in [5.41, 5.74) is 0.428. The first-order valence-electron chi connectivity index (χ1n) is 8.45. The Bertz CT molecular complexity index is 607. The second-order valence-electron chi connectivity index (χ2n) is 6.46. The highest BCUT2D eigenvalue weighted by Crippen LogP contribution is 2.31. The number of halogens is 1. The Labute approximate surface area is 147 Å². The Kier molecular flexibility index (Phi) is 5.36. The van der Waals surface area contributed by atoms with Gasteiger partial charge >= 0.3 is 0 Å². The second-order valence-corrected chi connectivity index (χ2v) is 6.89. The number of likely N-dealkylation sites (N-methyl/N-ethyl adjacent to an activating group) is 1. The van der Waals surface area contributed by atoms with Crippen LogP contribution in [0.25, 0.3) is 0 Å². The number of hydrogen-bond donors (Lipinski definition) is 1. The molecule has 2 atom stereocenters. The van der Waals surface area contributed by atoms with E-state index in [0.29, 0.717) is 36.1 Å². The highest BCUT2D eigenvalue weighted by Gasteiger charge is 2.40. The summed E-state index contributed by atoms with van der Waals surface area (Å²) in [6.07, 6.45) is 3.77. The lowest BCUT2D eigenvalue weighted by atomic mass is 9.83. The SMILES string of the molecule is CNCCN1C(=O)CC[C@H]2CN(C(=O)c3ccc(Cl)cn3)CC[C@H]21. The molecule has 0 aliphatic carbocycles. The number of nitrogens with one attached hydrogen (secondary N) is 1. The van der Waals surface area contributed by atoms with Crippen molar-refractivity contribution in [2.24, 2.45) is 5.92 Å². The number of amides is 2. The van der Waals surface area contributed by atoms with E-state index in [1.54, 1.807) is 12.1 Å². The molecular formula is C17H23ClN4O2. The van der Waals surface area contributed by atoms with Crippen molar-refractivity contribution in [1.82, 2.24) is 20.1 Å². The maximum atomic E-state index is 12.6. The highest BCUT2D eigenvalue weighted by atomic mass is 35.5. The molecule has 2 fully saturated rings. The summed E-state index contributed by atoms with van der Waals surface area (Å²) in [6.45, 7) is 2.89. The van der Waals surface area contributed by atoms with Crippen LogP contribution in [0.2, 0.25) is 5.02 Å². The lowest BCUT2D eigenvalue weighted by Crippen LogP contribution is -2.57. The molecule has 3 heterocycles. The van der Waals surface area contributed by atoms with Gasteiger partial charge < -0.3 is 15.1 Å². The van der Waals surface area contributed by atoms with Crippen LogP contribution >= 0.6 is 11.6 Å². The van der Waals surface area contributed by atoms with Crippen LogP contribution in [0.15, 0.2) is 18.3 Å². The molecule has 3 rings (SSSR count). The molecule has 1 aromatic rings. The van der Waals surface area contributed by atoms with Gasteiger partial charge in [-0.05, 0) is 37.9 Å². The van der Waals surface area contributed by atoms with Crippen molar-refractivity contribution in [3.63, 3.8) is 0 Å². The average Bonchev–Trinajstić information content (AvgIpc) is 2.60. The number of nitrogens with zero attached hydrogens (tertiary/aromatic N) is 3. The minimum absolute atomic E-state index is 0.0520. The molecule has 0 saturated carbocycles. The standard InChI is InChI=1S/C17H23ClN4O2/c1-19-7-9-22-15-6-8-21(11-12(15)2-5-16(22)23)17(24)14-4-3-13(18)10-20-14/h3-4,10,12,15,19H,2,5-9,11H2,1H3/t12-,15+/m0/s1. The lowest BCUT2D eigenvalue weighted by Gasteiger charge is -2.47. The van der Waals surface area contributed by atoms with Crippen LogP contribution in [0.1, 0.15) is 29.8 Å². The minimum atomic E-state index is -0.0520. The summed E-state index contributed by atoms with van der Waals surface area (Å²) in [5.74, 6) is 0.541. The quantitative estimate of drug-likeness (QED) is 0.891. The minimum Gasteiger partial charge on any atom is -0.338 e. The normalized spacial score (nSPS) is 24.0. The van der Waals surface area contributed by atoms with E-state index in [-0.39, 0.29) is 17.9 Å². The first-order chi connectivity index (χ1) is 11.6. The fraction of sp³-hybridized carbons (Fsp3) is 0.588. The van der Waals surface area contributed by atoms with Crippen LogP contribution < -0.4 is 5.32 Å². The summed E-state index contributed by atoms with van der Waals surface area (Å²) < 4.78 is 0. The summed E-state index contributed by atoms with van der Waals surface area (Å²) in [4.78, 5) is 32.9. The van der Waals surface area contributed by atoms with Crippen molar-refractivity contribution in [2.45, 2.75) is 25.3 Å². The van der Waals surface area contributed by atoms with E-state index in [9.17, 15) is 9.59 Å². The van der Waals surface area contributed by atoms with Gasteiger partial charge in [0.25, 0.3) is 5.91 Å². The monoisotopic (exact) mass is 350 g/mol. The molecule has 0 unspecified atom stereocenters. The number of carbonyl (C=O) groups excluding carboxylic acids is 2. The van der Waals surface area contributed by atoms with Gasteiger partial charge in [-0.15, -0.1) is 0 Å². The molecular weight excluding hydrogens is 328 g/mol. The molecule has 2 aliphatic rings. The zero-order valence-electron chi connectivity index (χ0n) is 13.9. The Balaban J connectivity index is 1.67. The molecule has 24 heavy (non-hydrogen) atoms. The van der Waals surface area contributed by atoms with E-state index in [1.165, 1.54) is 6.20 Å². The first-order valence-corrected chi connectivity index (χ1v) is 8.83.